The molecule has 6 heteroatoms. The molecular formula is C20H24N2O4. The van der Waals surface area contributed by atoms with Gasteiger partial charge in [0.25, 0.3) is 0 Å². The largest absolute Gasteiger partial charge is 0.482 e. The zero-order chi connectivity index (χ0) is 19.2. The average Bonchev–Trinajstić information content (AvgIpc) is 2.55. The molecule has 0 fully saturated rings. The van der Waals surface area contributed by atoms with Crippen LogP contribution in [0.5, 0.6) is 5.75 Å². The van der Waals surface area contributed by atoms with Crippen molar-refractivity contribution in [3.63, 3.8) is 0 Å². The van der Waals surface area contributed by atoms with E-state index in [1.807, 2.05) is 31.2 Å². The molecule has 2 rings (SSSR count). The molecule has 26 heavy (non-hydrogen) atoms. The third-order valence-electron chi connectivity index (χ3n) is 3.28. The number of esters is 1. The number of aryl methyl sites for hydroxylation is 1. The van der Waals surface area contributed by atoms with E-state index in [0.29, 0.717) is 11.4 Å². The molecule has 0 unspecified atom stereocenters. The lowest BCUT2D eigenvalue weighted by Crippen LogP contribution is -2.27. The summed E-state index contributed by atoms with van der Waals surface area (Å²) >= 11 is 0. The zero-order valence-corrected chi connectivity index (χ0v) is 15.5. The molecule has 0 spiro atoms. The number of carbonyl (C=O) groups is 2. The maximum absolute atomic E-state index is 12.1. The maximum Gasteiger partial charge on any atom is 0.344 e. The molecule has 2 aromatic rings. The summed E-state index contributed by atoms with van der Waals surface area (Å²) in [5.41, 5.74) is 1.80. The van der Waals surface area contributed by atoms with Crippen LogP contribution in [-0.4, -0.2) is 24.2 Å². The Morgan fingerprint density at radius 3 is 2.23 bits per heavy atom. The number of hydrogen-bond acceptors (Lipinski definition) is 4. The number of carbonyl (C=O) groups excluding carboxylic acids is 2. The highest BCUT2D eigenvalue weighted by Crippen LogP contribution is 2.18. The van der Waals surface area contributed by atoms with Crippen LogP contribution in [0.1, 0.15) is 26.3 Å². The summed E-state index contributed by atoms with van der Waals surface area (Å²) in [7, 11) is 0. The van der Waals surface area contributed by atoms with Crippen molar-refractivity contribution in [2.75, 3.05) is 17.2 Å². The highest BCUT2D eigenvalue weighted by atomic mass is 16.6. The van der Waals surface area contributed by atoms with Gasteiger partial charge in [-0.25, -0.2) is 9.59 Å². The van der Waals surface area contributed by atoms with E-state index in [9.17, 15) is 9.59 Å². The van der Waals surface area contributed by atoms with Gasteiger partial charge in [0, 0.05) is 11.4 Å². The van der Waals surface area contributed by atoms with E-state index in [1.54, 1.807) is 45.0 Å². The molecule has 2 aromatic carbocycles. The number of benzene rings is 2. The molecule has 2 amide bonds. The van der Waals surface area contributed by atoms with Crippen molar-refractivity contribution in [3.05, 3.63) is 54.1 Å². The van der Waals surface area contributed by atoms with E-state index in [1.165, 1.54) is 0 Å². The van der Waals surface area contributed by atoms with Crippen LogP contribution < -0.4 is 15.4 Å². The molecule has 0 aromatic heterocycles. The second-order valence-electron chi connectivity index (χ2n) is 6.79. The predicted octanol–water partition coefficient (Wildman–Crippen LogP) is 4.36. The fraction of sp³-hybridized carbons (Fsp3) is 0.300. The minimum absolute atomic E-state index is 0.169. The summed E-state index contributed by atoms with van der Waals surface area (Å²) in [6.45, 7) is 7.15. The molecule has 6 nitrogen and oxygen atoms in total. The quantitative estimate of drug-likeness (QED) is 0.781. The van der Waals surface area contributed by atoms with Crippen LogP contribution in [0.3, 0.4) is 0 Å². The van der Waals surface area contributed by atoms with Gasteiger partial charge >= 0.3 is 12.0 Å². The standard InChI is InChI=1S/C20H24N2O4/c1-14-7-5-6-8-17(14)22-19(24)21-15-9-11-16(12-10-15)25-13-18(23)26-20(2,3)4/h5-12H,13H2,1-4H3,(H2,21,22,24). The minimum Gasteiger partial charge on any atom is -0.482 e. The second-order valence-corrected chi connectivity index (χ2v) is 6.79. The van der Waals surface area contributed by atoms with Crippen molar-refractivity contribution in [1.29, 1.82) is 0 Å². The van der Waals surface area contributed by atoms with Crippen LogP contribution in [0.2, 0.25) is 0 Å². The van der Waals surface area contributed by atoms with Gasteiger partial charge in [0.05, 0.1) is 0 Å². The molecule has 0 saturated carbocycles. The number of ether oxygens (including phenoxy) is 2. The van der Waals surface area contributed by atoms with Crippen LogP contribution in [0.15, 0.2) is 48.5 Å². The minimum atomic E-state index is -0.543. The predicted molar refractivity (Wildman–Crippen MR) is 102 cm³/mol. The van der Waals surface area contributed by atoms with Gasteiger partial charge < -0.3 is 20.1 Å². The topological polar surface area (TPSA) is 76.7 Å². The van der Waals surface area contributed by atoms with Crippen LogP contribution in [0.4, 0.5) is 16.2 Å². The van der Waals surface area contributed by atoms with E-state index in [4.69, 9.17) is 9.47 Å². The molecule has 0 heterocycles. The van der Waals surface area contributed by atoms with Gasteiger partial charge in [-0.05, 0) is 63.6 Å². The van der Waals surface area contributed by atoms with Gasteiger partial charge in [-0.1, -0.05) is 18.2 Å². The number of rotatable bonds is 5. The molecule has 0 aliphatic carbocycles. The van der Waals surface area contributed by atoms with Crippen molar-refractivity contribution >= 4 is 23.4 Å². The summed E-state index contributed by atoms with van der Waals surface area (Å²) in [4.78, 5) is 23.7. The highest BCUT2D eigenvalue weighted by molar-refractivity contribution is 6.00. The Hall–Kier alpha value is -3.02. The monoisotopic (exact) mass is 356 g/mol. The molecule has 0 saturated heterocycles. The van der Waals surface area contributed by atoms with Crippen LogP contribution >= 0.6 is 0 Å². The van der Waals surface area contributed by atoms with Crippen molar-refractivity contribution in [2.45, 2.75) is 33.3 Å². The number of hydrogen-bond donors (Lipinski definition) is 2. The maximum atomic E-state index is 12.1. The van der Waals surface area contributed by atoms with Crippen molar-refractivity contribution < 1.29 is 19.1 Å². The first-order valence-corrected chi connectivity index (χ1v) is 8.31. The summed E-state index contributed by atoms with van der Waals surface area (Å²) in [5, 5.41) is 5.54. The smallest absolute Gasteiger partial charge is 0.344 e. The molecule has 138 valence electrons. The third kappa shape index (κ3) is 6.47. The fourth-order valence-corrected chi connectivity index (χ4v) is 2.15. The van der Waals surface area contributed by atoms with Gasteiger partial charge in [-0.2, -0.15) is 0 Å². The number of urea groups is 1. The lowest BCUT2D eigenvalue weighted by atomic mass is 10.2. The second kappa shape index (κ2) is 8.38. The molecule has 0 atom stereocenters. The Labute approximate surface area is 153 Å². The van der Waals surface area contributed by atoms with Crippen LogP contribution in [0.25, 0.3) is 0 Å². The van der Waals surface area contributed by atoms with Gasteiger partial charge in [0.2, 0.25) is 0 Å². The van der Waals surface area contributed by atoms with Crippen molar-refractivity contribution in [1.82, 2.24) is 0 Å². The fourth-order valence-electron chi connectivity index (χ4n) is 2.15. The first-order valence-electron chi connectivity index (χ1n) is 8.31. The zero-order valence-electron chi connectivity index (χ0n) is 15.5. The Morgan fingerprint density at radius 2 is 1.62 bits per heavy atom. The number of amides is 2. The van der Waals surface area contributed by atoms with Gasteiger partial charge in [-0.15, -0.1) is 0 Å². The Bertz CT molecular complexity index is 764. The Kier molecular flexibility index (Phi) is 6.22. The molecule has 0 aliphatic heterocycles. The van der Waals surface area contributed by atoms with Gasteiger partial charge in [0.1, 0.15) is 11.4 Å². The van der Waals surface area contributed by atoms with E-state index in [0.717, 1.165) is 11.3 Å². The molecule has 0 radical (unpaired) electrons. The summed E-state index contributed by atoms with van der Waals surface area (Å²) < 4.78 is 10.6. The normalized spacial score (nSPS) is 10.8. The lowest BCUT2D eigenvalue weighted by molar-refractivity contribution is -0.157. The molecular weight excluding hydrogens is 332 g/mol. The SMILES string of the molecule is Cc1ccccc1NC(=O)Nc1ccc(OCC(=O)OC(C)(C)C)cc1. The van der Waals surface area contributed by atoms with E-state index in [2.05, 4.69) is 10.6 Å². The molecule has 2 N–H and O–H groups in total. The van der Waals surface area contributed by atoms with Gasteiger partial charge in [-0.3, -0.25) is 0 Å². The first-order chi connectivity index (χ1) is 12.2. The lowest BCUT2D eigenvalue weighted by Gasteiger charge is -2.19. The van der Waals surface area contributed by atoms with E-state index in [-0.39, 0.29) is 12.6 Å². The number of para-hydroxylation sites is 1. The first kappa shape index (κ1) is 19.3. The Balaban J connectivity index is 1.84. The highest BCUT2D eigenvalue weighted by Gasteiger charge is 2.16. The summed E-state index contributed by atoms with van der Waals surface area (Å²) in [6.07, 6.45) is 0. The van der Waals surface area contributed by atoms with Crippen LogP contribution in [0, 0.1) is 6.92 Å². The summed E-state index contributed by atoms with van der Waals surface area (Å²) in [5.74, 6) is 0.0815. The van der Waals surface area contributed by atoms with E-state index < -0.39 is 11.6 Å². The molecule has 0 bridgehead atoms. The van der Waals surface area contributed by atoms with Crippen molar-refractivity contribution in [2.24, 2.45) is 0 Å². The summed E-state index contributed by atoms with van der Waals surface area (Å²) in [6, 6.07) is 13.9. The third-order valence-corrected chi connectivity index (χ3v) is 3.28. The Morgan fingerprint density at radius 1 is 0.962 bits per heavy atom. The van der Waals surface area contributed by atoms with E-state index >= 15 is 0 Å². The van der Waals surface area contributed by atoms with Gasteiger partial charge in [0.15, 0.2) is 6.61 Å². The van der Waals surface area contributed by atoms with Crippen molar-refractivity contribution in [3.8, 4) is 5.75 Å². The number of anilines is 2. The average molecular weight is 356 g/mol. The molecule has 0 aliphatic rings. The van der Waals surface area contributed by atoms with Crippen LogP contribution in [-0.2, 0) is 9.53 Å². The number of nitrogens with one attached hydrogen (secondary N) is 2.